The Morgan fingerprint density at radius 1 is 0.947 bits per heavy atom. The van der Waals surface area contributed by atoms with E-state index >= 15 is 0 Å². The van der Waals surface area contributed by atoms with Gasteiger partial charge >= 0.3 is 0 Å². The van der Waals surface area contributed by atoms with Gasteiger partial charge in [0, 0.05) is 41.5 Å². The number of rotatable bonds is 5. The number of anilines is 1. The van der Waals surface area contributed by atoms with Crippen LogP contribution in [-0.4, -0.2) is 35.6 Å². The standard InChI is InChI=1S/C30H27ClN2O5/c1-16-10-17(2)12-18(11-16)33-27(21-15-32(3)23-9-7-6-8-19(21)23)26(29(35)30(33)36)28(34)20-13-25(38-5)22(31)14-24(20)37-4/h6-15,27,34H,1-5H3/b28-26+. The quantitative estimate of drug-likeness (QED) is 0.192. The summed E-state index contributed by atoms with van der Waals surface area (Å²) in [5.41, 5.74) is 4.25. The predicted molar refractivity (Wildman–Crippen MR) is 148 cm³/mol. The van der Waals surface area contributed by atoms with Crippen molar-refractivity contribution < 1.29 is 24.2 Å². The zero-order valence-electron chi connectivity index (χ0n) is 21.7. The topological polar surface area (TPSA) is 81.0 Å². The van der Waals surface area contributed by atoms with Crippen LogP contribution in [0.3, 0.4) is 0 Å². The van der Waals surface area contributed by atoms with Crippen molar-refractivity contribution in [3.05, 3.63) is 93.6 Å². The van der Waals surface area contributed by atoms with Gasteiger partial charge in [0.1, 0.15) is 17.3 Å². The van der Waals surface area contributed by atoms with E-state index in [4.69, 9.17) is 21.1 Å². The fourth-order valence-corrected chi connectivity index (χ4v) is 5.50. The Morgan fingerprint density at radius 2 is 1.61 bits per heavy atom. The maximum absolute atomic E-state index is 13.7. The van der Waals surface area contributed by atoms with Crippen LogP contribution in [-0.2, 0) is 16.6 Å². The zero-order valence-corrected chi connectivity index (χ0v) is 22.5. The normalized spacial score (nSPS) is 16.9. The molecular formula is C30H27ClN2O5. The van der Waals surface area contributed by atoms with Crippen LogP contribution in [0.5, 0.6) is 11.5 Å². The number of para-hydroxylation sites is 1. The van der Waals surface area contributed by atoms with Crippen LogP contribution in [0.4, 0.5) is 5.69 Å². The third kappa shape index (κ3) is 4.00. The van der Waals surface area contributed by atoms with Crippen LogP contribution in [0.1, 0.15) is 28.3 Å². The molecule has 0 bridgehead atoms. The molecule has 1 aromatic heterocycles. The van der Waals surface area contributed by atoms with E-state index < -0.39 is 17.7 Å². The van der Waals surface area contributed by atoms with Crippen molar-refractivity contribution >= 4 is 45.6 Å². The molecule has 1 atom stereocenters. The molecule has 7 nitrogen and oxygen atoms in total. The predicted octanol–water partition coefficient (Wildman–Crippen LogP) is 6.09. The number of aliphatic hydroxyl groups excluding tert-OH is 1. The lowest BCUT2D eigenvalue weighted by molar-refractivity contribution is -0.132. The van der Waals surface area contributed by atoms with Gasteiger partial charge in [-0.3, -0.25) is 14.5 Å². The molecule has 8 heteroatoms. The van der Waals surface area contributed by atoms with E-state index in [9.17, 15) is 14.7 Å². The van der Waals surface area contributed by atoms with Gasteiger partial charge in [-0.1, -0.05) is 35.9 Å². The van der Waals surface area contributed by atoms with Crippen LogP contribution in [0.2, 0.25) is 5.02 Å². The average molecular weight is 531 g/mol. The van der Waals surface area contributed by atoms with Crippen LogP contribution in [0.25, 0.3) is 16.7 Å². The van der Waals surface area contributed by atoms with E-state index in [1.54, 1.807) is 0 Å². The van der Waals surface area contributed by atoms with Gasteiger partial charge in [-0.05, 0) is 49.2 Å². The van der Waals surface area contributed by atoms with E-state index in [0.29, 0.717) is 17.0 Å². The first kappa shape index (κ1) is 25.4. The minimum Gasteiger partial charge on any atom is -0.507 e. The Morgan fingerprint density at radius 3 is 2.26 bits per heavy atom. The van der Waals surface area contributed by atoms with Crippen LogP contribution < -0.4 is 14.4 Å². The fourth-order valence-electron chi connectivity index (χ4n) is 5.26. The van der Waals surface area contributed by atoms with Gasteiger partial charge in [-0.2, -0.15) is 0 Å². The molecule has 38 heavy (non-hydrogen) atoms. The molecule has 1 N–H and O–H groups in total. The van der Waals surface area contributed by atoms with E-state index in [0.717, 1.165) is 22.0 Å². The number of carbonyl (C=O) groups is 2. The lowest BCUT2D eigenvalue weighted by Gasteiger charge is -2.26. The number of nitrogens with zero attached hydrogens (tertiary/aromatic N) is 2. The number of fused-ring (bicyclic) bond motifs is 1. The van der Waals surface area contributed by atoms with Crippen LogP contribution >= 0.6 is 11.6 Å². The summed E-state index contributed by atoms with van der Waals surface area (Å²) in [6, 6.07) is 15.6. The molecular weight excluding hydrogens is 504 g/mol. The number of hydrogen-bond donors (Lipinski definition) is 1. The first-order valence-electron chi connectivity index (χ1n) is 12.0. The van der Waals surface area contributed by atoms with Gasteiger partial charge < -0.3 is 19.1 Å². The number of aliphatic hydroxyl groups is 1. The second-order valence-corrected chi connectivity index (χ2v) is 9.82. The maximum atomic E-state index is 13.7. The number of amides is 1. The van der Waals surface area contributed by atoms with E-state index in [1.807, 2.05) is 74.1 Å². The second-order valence-electron chi connectivity index (χ2n) is 9.41. The van der Waals surface area contributed by atoms with Crippen molar-refractivity contribution in [2.45, 2.75) is 19.9 Å². The Balaban J connectivity index is 1.85. The van der Waals surface area contributed by atoms with E-state index in [2.05, 4.69) is 0 Å². The van der Waals surface area contributed by atoms with Crippen LogP contribution in [0.15, 0.2) is 66.4 Å². The molecule has 0 saturated carbocycles. The average Bonchev–Trinajstić information content (AvgIpc) is 3.36. The smallest absolute Gasteiger partial charge is 0.300 e. The number of Topliss-reactive ketones (excluding diaryl/α,β-unsaturated/α-hetero) is 1. The summed E-state index contributed by atoms with van der Waals surface area (Å²) in [6.45, 7) is 3.87. The number of hydrogen-bond acceptors (Lipinski definition) is 5. The number of halogens is 1. The van der Waals surface area contributed by atoms with Gasteiger partial charge in [0.05, 0.1) is 36.4 Å². The van der Waals surface area contributed by atoms with Crippen molar-refractivity contribution in [2.75, 3.05) is 19.1 Å². The molecule has 194 valence electrons. The SMILES string of the molecule is COc1cc(/C(O)=C2\C(=O)C(=O)N(c3cc(C)cc(C)c3)C2c2cn(C)c3ccccc23)c(OC)cc1Cl. The molecule has 3 aromatic carbocycles. The minimum atomic E-state index is -0.895. The number of carbonyl (C=O) groups excluding carboxylic acids is 2. The summed E-state index contributed by atoms with van der Waals surface area (Å²) < 4.78 is 12.8. The maximum Gasteiger partial charge on any atom is 0.300 e. The first-order valence-corrected chi connectivity index (χ1v) is 12.4. The Bertz CT molecular complexity index is 1630. The summed E-state index contributed by atoms with van der Waals surface area (Å²) in [5.74, 6) is -1.37. The monoisotopic (exact) mass is 530 g/mol. The van der Waals surface area contributed by atoms with Gasteiger partial charge in [-0.15, -0.1) is 0 Å². The molecule has 1 saturated heterocycles. The number of ether oxygens (including phenoxy) is 2. The van der Waals surface area contributed by atoms with Gasteiger partial charge in [0.25, 0.3) is 11.7 Å². The summed E-state index contributed by atoms with van der Waals surface area (Å²) in [4.78, 5) is 28.9. The second kappa shape index (κ2) is 9.58. The van der Waals surface area contributed by atoms with Crippen molar-refractivity contribution in [1.29, 1.82) is 0 Å². The molecule has 0 aliphatic carbocycles. The molecule has 0 spiro atoms. The Hall–Kier alpha value is -4.23. The van der Waals surface area contributed by atoms with Crippen LogP contribution in [0, 0.1) is 13.8 Å². The molecule has 2 heterocycles. The summed E-state index contributed by atoms with van der Waals surface area (Å²) in [6.07, 6.45) is 1.89. The highest BCUT2D eigenvalue weighted by Gasteiger charge is 2.48. The molecule has 1 aliphatic heterocycles. The van der Waals surface area contributed by atoms with Crippen molar-refractivity contribution in [2.24, 2.45) is 7.05 Å². The van der Waals surface area contributed by atoms with Crippen molar-refractivity contribution in [3.63, 3.8) is 0 Å². The van der Waals surface area contributed by atoms with Crippen molar-refractivity contribution in [1.82, 2.24) is 4.57 Å². The number of aryl methyl sites for hydroxylation is 3. The highest BCUT2D eigenvalue weighted by molar-refractivity contribution is 6.52. The third-order valence-electron chi connectivity index (χ3n) is 6.88. The minimum absolute atomic E-state index is 0.0480. The van der Waals surface area contributed by atoms with Crippen molar-refractivity contribution in [3.8, 4) is 11.5 Å². The summed E-state index contributed by atoms with van der Waals surface area (Å²) in [7, 11) is 4.79. The number of methoxy groups -OCH3 is 2. The number of aromatic nitrogens is 1. The molecule has 5 rings (SSSR count). The Kier molecular flexibility index (Phi) is 6.41. The largest absolute Gasteiger partial charge is 0.507 e. The molecule has 1 aliphatic rings. The molecule has 4 aromatic rings. The fraction of sp³-hybridized carbons (Fsp3) is 0.200. The summed E-state index contributed by atoms with van der Waals surface area (Å²) >= 11 is 6.29. The Labute approximate surface area is 225 Å². The third-order valence-corrected chi connectivity index (χ3v) is 7.18. The molecule has 1 amide bonds. The van der Waals surface area contributed by atoms with E-state index in [1.165, 1.54) is 31.3 Å². The first-order chi connectivity index (χ1) is 18.2. The lowest BCUT2D eigenvalue weighted by Crippen LogP contribution is -2.29. The lowest BCUT2D eigenvalue weighted by atomic mass is 9.94. The highest BCUT2D eigenvalue weighted by atomic mass is 35.5. The zero-order chi connectivity index (χ0) is 27.3. The highest BCUT2D eigenvalue weighted by Crippen LogP contribution is 2.46. The molecule has 0 radical (unpaired) electrons. The number of benzene rings is 3. The molecule has 1 fully saturated rings. The summed E-state index contributed by atoms with van der Waals surface area (Å²) in [5, 5.41) is 12.9. The van der Waals surface area contributed by atoms with Gasteiger partial charge in [0.15, 0.2) is 0 Å². The van der Waals surface area contributed by atoms with Gasteiger partial charge in [-0.25, -0.2) is 0 Å². The molecule has 1 unspecified atom stereocenters. The van der Waals surface area contributed by atoms with Gasteiger partial charge in [0.2, 0.25) is 0 Å². The van der Waals surface area contributed by atoms with E-state index in [-0.39, 0.29) is 27.7 Å². The number of ketones is 1.